The van der Waals surface area contributed by atoms with E-state index in [9.17, 15) is 5.11 Å². The van der Waals surface area contributed by atoms with Crippen LogP contribution in [0.2, 0.25) is 0 Å². The van der Waals surface area contributed by atoms with Crippen molar-refractivity contribution in [3.63, 3.8) is 0 Å². The van der Waals surface area contributed by atoms with Crippen LogP contribution in [0.15, 0.2) is 18.2 Å². The first-order chi connectivity index (χ1) is 9.49. The van der Waals surface area contributed by atoms with Crippen molar-refractivity contribution < 1.29 is 5.11 Å². The Morgan fingerprint density at radius 3 is 2.65 bits per heavy atom. The van der Waals surface area contributed by atoms with E-state index in [1.165, 1.54) is 12.8 Å². The molecule has 0 aliphatic rings. The standard InChI is InChI=1S/C16H25N3O/c1-11(2)6-4-5-9-19-15-8-7-13(17)10-14(15)18-16(19)12(3)20/h7-8,10-12,20H,4-6,9,17H2,1-3H3. The van der Waals surface area contributed by atoms with Gasteiger partial charge in [-0.3, -0.25) is 0 Å². The molecule has 1 aromatic heterocycles. The van der Waals surface area contributed by atoms with Gasteiger partial charge in [-0.05, 0) is 37.5 Å². The molecular weight excluding hydrogens is 250 g/mol. The topological polar surface area (TPSA) is 64.1 Å². The number of aliphatic hydroxyl groups excluding tert-OH is 1. The number of benzene rings is 1. The smallest absolute Gasteiger partial charge is 0.138 e. The summed E-state index contributed by atoms with van der Waals surface area (Å²) in [6.07, 6.45) is 2.98. The molecule has 4 nitrogen and oxygen atoms in total. The number of nitrogens with zero attached hydrogens (tertiary/aromatic N) is 2. The molecule has 1 unspecified atom stereocenters. The van der Waals surface area contributed by atoms with Crippen molar-refractivity contribution in [3.8, 4) is 0 Å². The van der Waals surface area contributed by atoms with Gasteiger partial charge >= 0.3 is 0 Å². The van der Waals surface area contributed by atoms with E-state index in [0.29, 0.717) is 5.69 Å². The van der Waals surface area contributed by atoms with Crippen molar-refractivity contribution in [2.75, 3.05) is 5.73 Å². The van der Waals surface area contributed by atoms with Crippen LogP contribution in [0.5, 0.6) is 0 Å². The number of hydrogen-bond donors (Lipinski definition) is 2. The highest BCUT2D eigenvalue weighted by Gasteiger charge is 2.14. The number of hydrogen-bond acceptors (Lipinski definition) is 3. The Morgan fingerprint density at radius 1 is 1.25 bits per heavy atom. The van der Waals surface area contributed by atoms with Crippen molar-refractivity contribution in [2.24, 2.45) is 5.92 Å². The number of aliphatic hydroxyl groups is 1. The minimum absolute atomic E-state index is 0.561. The summed E-state index contributed by atoms with van der Waals surface area (Å²) in [7, 11) is 0. The summed E-state index contributed by atoms with van der Waals surface area (Å²) in [5.41, 5.74) is 8.43. The van der Waals surface area contributed by atoms with Gasteiger partial charge in [-0.15, -0.1) is 0 Å². The largest absolute Gasteiger partial charge is 0.399 e. The first-order valence-corrected chi connectivity index (χ1v) is 7.42. The summed E-state index contributed by atoms with van der Waals surface area (Å²) in [6.45, 7) is 7.15. The molecule has 0 aliphatic carbocycles. The molecule has 0 aliphatic heterocycles. The zero-order valence-corrected chi connectivity index (χ0v) is 12.6. The number of anilines is 1. The lowest BCUT2D eigenvalue weighted by Crippen LogP contribution is -2.07. The van der Waals surface area contributed by atoms with Crippen molar-refractivity contribution >= 4 is 16.7 Å². The molecule has 0 saturated carbocycles. The van der Waals surface area contributed by atoms with Crippen LogP contribution in [0.4, 0.5) is 5.69 Å². The average Bonchev–Trinajstić information content (AvgIpc) is 2.72. The molecule has 110 valence electrons. The maximum Gasteiger partial charge on any atom is 0.138 e. The molecule has 2 aromatic rings. The van der Waals surface area contributed by atoms with Crippen LogP contribution in [-0.4, -0.2) is 14.7 Å². The Bertz CT molecular complexity index is 572. The molecule has 2 rings (SSSR count). The molecule has 0 amide bonds. The number of fused-ring (bicyclic) bond motifs is 1. The summed E-state index contributed by atoms with van der Waals surface area (Å²) in [6, 6.07) is 5.75. The number of nitrogen functional groups attached to an aromatic ring is 1. The third-order valence-corrected chi connectivity index (χ3v) is 3.59. The SMILES string of the molecule is CC(C)CCCCn1c(C(C)O)nc2cc(N)ccc21. The van der Waals surface area contributed by atoms with Gasteiger partial charge in [0.2, 0.25) is 0 Å². The van der Waals surface area contributed by atoms with Crippen LogP contribution in [-0.2, 0) is 6.54 Å². The fraction of sp³-hybridized carbons (Fsp3) is 0.562. The van der Waals surface area contributed by atoms with E-state index in [4.69, 9.17) is 5.73 Å². The quantitative estimate of drug-likeness (QED) is 0.626. The summed E-state index contributed by atoms with van der Waals surface area (Å²) < 4.78 is 2.12. The van der Waals surface area contributed by atoms with Crippen LogP contribution < -0.4 is 5.73 Å². The third-order valence-electron chi connectivity index (χ3n) is 3.59. The lowest BCUT2D eigenvalue weighted by molar-refractivity contribution is 0.184. The highest BCUT2D eigenvalue weighted by atomic mass is 16.3. The van der Waals surface area contributed by atoms with Gasteiger partial charge in [0.05, 0.1) is 11.0 Å². The minimum atomic E-state index is -0.561. The van der Waals surface area contributed by atoms with Gasteiger partial charge in [-0.2, -0.15) is 0 Å². The Hall–Kier alpha value is -1.55. The first kappa shape index (κ1) is 14.9. The Kier molecular flexibility index (Phi) is 4.65. The van der Waals surface area contributed by atoms with Crippen molar-refractivity contribution in [1.29, 1.82) is 0 Å². The Labute approximate surface area is 120 Å². The van der Waals surface area contributed by atoms with Crippen LogP contribution in [0.3, 0.4) is 0 Å². The van der Waals surface area contributed by atoms with Gasteiger partial charge in [-0.1, -0.05) is 26.7 Å². The molecule has 0 spiro atoms. The highest BCUT2D eigenvalue weighted by Crippen LogP contribution is 2.23. The summed E-state index contributed by atoms with van der Waals surface area (Å²) in [5, 5.41) is 9.91. The molecular formula is C16H25N3O. The Morgan fingerprint density at radius 2 is 2.00 bits per heavy atom. The molecule has 0 saturated heterocycles. The van der Waals surface area contributed by atoms with E-state index >= 15 is 0 Å². The van der Waals surface area contributed by atoms with Gasteiger partial charge in [0, 0.05) is 12.2 Å². The molecule has 1 heterocycles. The summed E-state index contributed by atoms with van der Waals surface area (Å²) in [4.78, 5) is 4.52. The molecule has 4 heteroatoms. The van der Waals surface area contributed by atoms with Crippen molar-refractivity contribution in [1.82, 2.24) is 9.55 Å². The van der Waals surface area contributed by atoms with E-state index in [1.807, 2.05) is 18.2 Å². The molecule has 20 heavy (non-hydrogen) atoms. The number of aromatic nitrogens is 2. The van der Waals surface area contributed by atoms with E-state index < -0.39 is 6.10 Å². The second kappa shape index (κ2) is 6.27. The number of unbranched alkanes of at least 4 members (excludes halogenated alkanes) is 1. The second-order valence-electron chi connectivity index (χ2n) is 5.94. The molecule has 1 aromatic carbocycles. The minimum Gasteiger partial charge on any atom is -0.399 e. The molecule has 0 fully saturated rings. The van der Waals surface area contributed by atoms with E-state index in [2.05, 4.69) is 23.4 Å². The van der Waals surface area contributed by atoms with Crippen LogP contribution in [0.1, 0.15) is 52.0 Å². The second-order valence-corrected chi connectivity index (χ2v) is 5.94. The van der Waals surface area contributed by atoms with Crippen LogP contribution >= 0.6 is 0 Å². The first-order valence-electron chi connectivity index (χ1n) is 7.42. The van der Waals surface area contributed by atoms with E-state index in [1.54, 1.807) is 6.92 Å². The summed E-state index contributed by atoms with van der Waals surface area (Å²) in [5.74, 6) is 1.47. The maximum atomic E-state index is 9.91. The predicted octanol–water partition coefficient (Wildman–Crippen LogP) is 3.50. The van der Waals surface area contributed by atoms with Crippen molar-refractivity contribution in [3.05, 3.63) is 24.0 Å². The van der Waals surface area contributed by atoms with Crippen molar-refractivity contribution in [2.45, 2.75) is 52.7 Å². The lowest BCUT2D eigenvalue weighted by atomic mass is 10.1. The van der Waals surface area contributed by atoms with Gasteiger partial charge in [0.25, 0.3) is 0 Å². The molecule has 1 atom stereocenters. The average molecular weight is 275 g/mol. The third kappa shape index (κ3) is 3.31. The van der Waals surface area contributed by atoms with Crippen LogP contribution in [0, 0.1) is 5.92 Å². The molecule has 0 radical (unpaired) electrons. The van der Waals surface area contributed by atoms with Gasteiger partial charge in [-0.25, -0.2) is 4.98 Å². The highest BCUT2D eigenvalue weighted by molar-refractivity contribution is 5.79. The van der Waals surface area contributed by atoms with E-state index in [0.717, 1.165) is 35.7 Å². The van der Waals surface area contributed by atoms with Crippen LogP contribution in [0.25, 0.3) is 11.0 Å². The van der Waals surface area contributed by atoms with Gasteiger partial charge in [0.1, 0.15) is 11.9 Å². The zero-order chi connectivity index (χ0) is 14.7. The van der Waals surface area contributed by atoms with Gasteiger partial charge in [0.15, 0.2) is 0 Å². The fourth-order valence-electron chi connectivity index (χ4n) is 2.54. The molecule has 3 N–H and O–H groups in total. The monoisotopic (exact) mass is 275 g/mol. The number of imidazole rings is 1. The summed E-state index contributed by atoms with van der Waals surface area (Å²) >= 11 is 0. The number of nitrogens with two attached hydrogens (primary N) is 1. The number of rotatable bonds is 6. The fourth-order valence-corrected chi connectivity index (χ4v) is 2.54. The lowest BCUT2D eigenvalue weighted by Gasteiger charge is -2.11. The maximum absolute atomic E-state index is 9.91. The normalized spacial score (nSPS) is 13.2. The Balaban J connectivity index is 2.22. The predicted molar refractivity (Wildman–Crippen MR) is 83.5 cm³/mol. The molecule has 0 bridgehead atoms. The zero-order valence-electron chi connectivity index (χ0n) is 12.6. The van der Waals surface area contributed by atoms with E-state index in [-0.39, 0.29) is 0 Å². The number of aryl methyl sites for hydroxylation is 1. The van der Waals surface area contributed by atoms with Gasteiger partial charge < -0.3 is 15.4 Å².